The van der Waals surface area contributed by atoms with Gasteiger partial charge in [0.05, 0.1) is 24.5 Å². The highest BCUT2D eigenvalue weighted by Gasteiger charge is 2.05. The van der Waals surface area contributed by atoms with Gasteiger partial charge in [0.25, 0.3) is 0 Å². The maximum absolute atomic E-state index is 12.1. The van der Waals surface area contributed by atoms with Crippen LogP contribution in [0.25, 0.3) is 11.3 Å². The van der Waals surface area contributed by atoms with Crippen LogP contribution >= 0.6 is 0 Å². The summed E-state index contributed by atoms with van der Waals surface area (Å²) < 4.78 is 5.62. The molecular formula is C22H24N4O2. The standard InChI is InChI=1S/C22H24N4O2/c1-2-3-13-28-20-11-9-18(10-12-20)26-22(27)23-15-19-14-21(25-16-24-19)17-7-5-4-6-8-17/h4-12,14,16H,2-3,13,15H2,1H3,(H2,23,26,27). The Morgan fingerprint density at radius 1 is 1.04 bits per heavy atom. The van der Waals surface area contributed by atoms with E-state index in [0.29, 0.717) is 18.8 Å². The van der Waals surface area contributed by atoms with Gasteiger partial charge in [-0.3, -0.25) is 0 Å². The molecule has 0 aliphatic rings. The minimum Gasteiger partial charge on any atom is -0.494 e. The van der Waals surface area contributed by atoms with Crippen LogP contribution in [0.5, 0.6) is 5.75 Å². The maximum Gasteiger partial charge on any atom is 0.319 e. The van der Waals surface area contributed by atoms with Crippen LogP contribution in [0.15, 0.2) is 67.0 Å². The average molecular weight is 376 g/mol. The van der Waals surface area contributed by atoms with Crippen molar-refractivity contribution in [2.24, 2.45) is 0 Å². The number of anilines is 1. The molecule has 0 spiro atoms. The first-order valence-corrected chi connectivity index (χ1v) is 9.38. The van der Waals surface area contributed by atoms with E-state index in [1.165, 1.54) is 6.33 Å². The minimum absolute atomic E-state index is 0.292. The van der Waals surface area contributed by atoms with E-state index in [1.54, 1.807) is 0 Å². The SMILES string of the molecule is CCCCOc1ccc(NC(=O)NCc2cc(-c3ccccc3)ncn2)cc1. The highest BCUT2D eigenvalue weighted by atomic mass is 16.5. The van der Waals surface area contributed by atoms with Crippen molar-refractivity contribution in [3.63, 3.8) is 0 Å². The molecule has 0 saturated carbocycles. The second-order valence-electron chi connectivity index (χ2n) is 6.29. The summed E-state index contributed by atoms with van der Waals surface area (Å²) >= 11 is 0. The van der Waals surface area contributed by atoms with Gasteiger partial charge in [-0.1, -0.05) is 43.7 Å². The van der Waals surface area contributed by atoms with Gasteiger partial charge in [0.15, 0.2) is 0 Å². The summed E-state index contributed by atoms with van der Waals surface area (Å²) in [5.41, 5.74) is 3.28. The predicted octanol–water partition coefficient (Wildman–Crippen LogP) is 4.64. The van der Waals surface area contributed by atoms with Crippen LogP contribution in [0.4, 0.5) is 10.5 Å². The molecule has 2 amide bonds. The van der Waals surface area contributed by atoms with Crippen LogP contribution in [0, 0.1) is 0 Å². The van der Waals surface area contributed by atoms with Crippen LogP contribution in [0.2, 0.25) is 0 Å². The quantitative estimate of drug-likeness (QED) is 0.561. The summed E-state index contributed by atoms with van der Waals surface area (Å²) in [6.07, 6.45) is 3.63. The molecule has 6 nitrogen and oxygen atoms in total. The van der Waals surface area contributed by atoms with E-state index in [0.717, 1.165) is 35.5 Å². The van der Waals surface area contributed by atoms with E-state index in [4.69, 9.17) is 4.74 Å². The number of urea groups is 1. The summed E-state index contributed by atoms with van der Waals surface area (Å²) in [6, 6.07) is 18.8. The number of hydrogen-bond acceptors (Lipinski definition) is 4. The Morgan fingerprint density at radius 3 is 2.57 bits per heavy atom. The van der Waals surface area contributed by atoms with Crippen molar-refractivity contribution in [1.29, 1.82) is 0 Å². The summed E-state index contributed by atoms with van der Waals surface area (Å²) in [7, 11) is 0. The number of rotatable bonds is 8. The first kappa shape index (κ1) is 19.4. The summed E-state index contributed by atoms with van der Waals surface area (Å²) in [5.74, 6) is 0.800. The zero-order valence-corrected chi connectivity index (χ0v) is 15.9. The zero-order valence-electron chi connectivity index (χ0n) is 15.9. The van der Waals surface area contributed by atoms with Gasteiger partial charge < -0.3 is 15.4 Å². The molecule has 28 heavy (non-hydrogen) atoms. The number of amides is 2. The molecule has 3 aromatic rings. The van der Waals surface area contributed by atoms with Gasteiger partial charge in [0.1, 0.15) is 12.1 Å². The third kappa shape index (κ3) is 5.81. The summed E-state index contributed by atoms with van der Waals surface area (Å²) in [6.45, 7) is 3.14. The molecule has 3 rings (SSSR count). The van der Waals surface area contributed by atoms with Crippen LogP contribution < -0.4 is 15.4 Å². The predicted molar refractivity (Wildman–Crippen MR) is 110 cm³/mol. The van der Waals surface area contributed by atoms with Crippen molar-refractivity contribution in [3.8, 4) is 17.0 Å². The molecular weight excluding hydrogens is 352 g/mol. The van der Waals surface area contributed by atoms with Gasteiger partial charge >= 0.3 is 6.03 Å². The first-order valence-electron chi connectivity index (χ1n) is 9.38. The summed E-state index contributed by atoms with van der Waals surface area (Å²) in [4.78, 5) is 20.6. The van der Waals surface area contributed by atoms with Gasteiger partial charge in [0, 0.05) is 11.3 Å². The molecule has 0 radical (unpaired) electrons. The van der Waals surface area contributed by atoms with Crippen LogP contribution in [0.1, 0.15) is 25.5 Å². The average Bonchev–Trinajstić information content (AvgIpc) is 2.75. The van der Waals surface area contributed by atoms with Crippen molar-refractivity contribution < 1.29 is 9.53 Å². The fraction of sp³-hybridized carbons (Fsp3) is 0.227. The molecule has 0 bridgehead atoms. The molecule has 0 unspecified atom stereocenters. The van der Waals surface area contributed by atoms with Crippen LogP contribution in [0.3, 0.4) is 0 Å². The van der Waals surface area contributed by atoms with E-state index >= 15 is 0 Å². The number of carbonyl (C=O) groups is 1. The largest absolute Gasteiger partial charge is 0.494 e. The Morgan fingerprint density at radius 2 is 1.82 bits per heavy atom. The number of carbonyl (C=O) groups excluding carboxylic acids is 1. The number of hydrogen-bond donors (Lipinski definition) is 2. The molecule has 0 fully saturated rings. The van der Waals surface area contributed by atoms with Crippen molar-refractivity contribution in [1.82, 2.24) is 15.3 Å². The molecule has 1 aromatic heterocycles. The smallest absolute Gasteiger partial charge is 0.319 e. The fourth-order valence-corrected chi connectivity index (χ4v) is 2.58. The Kier molecular flexibility index (Phi) is 6.95. The number of nitrogens with one attached hydrogen (secondary N) is 2. The third-order valence-electron chi connectivity index (χ3n) is 4.10. The molecule has 1 heterocycles. The van der Waals surface area contributed by atoms with E-state index in [9.17, 15) is 4.79 Å². The number of ether oxygens (including phenoxy) is 1. The second-order valence-corrected chi connectivity index (χ2v) is 6.29. The number of unbranched alkanes of at least 4 members (excludes halogenated alkanes) is 1. The zero-order chi connectivity index (χ0) is 19.6. The van der Waals surface area contributed by atoms with Crippen LogP contribution in [-0.2, 0) is 6.54 Å². The normalized spacial score (nSPS) is 10.3. The molecule has 6 heteroatoms. The molecule has 0 saturated heterocycles. The van der Waals surface area contributed by atoms with Crippen molar-refractivity contribution in [3.05, 3.63) is 72.7 Å². The van der Waals surface area contributed by atoms with E-state index in [1.807, 2.05) is 60.7 Å². The van der Waals surface area contributed by atoms with E-state index in [-0.39, 0.29) is 6.03 Å². The van der Waals surface area contributed by atoms with Gasteiger partial charge in [-0.15, -0.1) is 0 Å². The lowest BCUT2D eigenvalue weighted by Gasteiger charge is -2.09. The number of aromatic nitrogens is 2. The molecule has 2 N–H and O–H groups in total. The maximum atomic E-state index is 12.1. The van der Waals surface area contributed by atoms with Gasteiger partial charge in [-0.25, -0.2) is 14.8 Å². The molecule has 144 valence electrons. The van der Waals surface area contributed by atoms with Gasteiger partial charge in [-0.2, -0.15) is 0 Å². The molecule has 0 aliphatic carbocycles. The van der Waals surface area contributed by atoms with Gasteiger partial charge in [0.2, 0.25) is 0 Å². The lowest BCUT2D eigenvalue weighted by Crippen LogP contribution is -2.28. The van der Waals surface area contributed by atoms with E-state index in [2.05, 4.69) is 27.5 Å². The molecule has 0 aliphatic heterocycles. The Labute approximate surface area is 165 Å². The van der Waals surface area contributed by atoms with Crippen molar-refractivity contribution in [2.75, 3.05) is 11.9 Å². The lowest BCUT2D eigenvalue weighted by atomic mass is 10.1. The Hall–Kier alpha value is -3.41. The topological polar surface area (TPSA) is 76.1 Å². The Bertz CT molecular complexity index is 883. The highest BCUT2D eigenvalue weighted by Crippen LogP contribution is 2.17. The van der Waals surface area contributed by atoms with Crippen molar-refractivity contribution >= 4 is 11.7 Å². The second kappa shape index (κ2) is 10.1. The fourth-order valence-electron chi connectivity index (χ4n) is 2.58. The first-order chi connectivity index (χ1) is 13.7. The highest BCUT2D eigenvalue weighted by molar-refractivity contribution is 5.89. The lowest BCUT2D eigenvalue weighted by molar-refractivity contribution is 0.251. The minimum atomic E-state index is -0.292. The van der Waals surface area contributed by atoms with Crippen molar-refractivity contribution in [2.45, 2.75) is 26.3 Å². The number of nitrogens with zero attached hydrogens (tertiary/aromatic N) is 2. The van der Waals surface area contributed by atoms with Gasteiger partial charge in [-0.05, 0) is 36.8 Å². The van der Waals surface area contributed by atoms with E-state index < -0.39 is 0 Å². The Balaban J connectivity index is 1.50. The third-order valence-corrected chi connectivity index (χ3v) is 4.10. The molecule has 0 atom stereocenters. The monoisotopic (exact) mass is 376 g/mol. The molecule has 2 aromatic carbocycles. The summed E-state index contributed by atoms with van der Waals surface area (Å²) in [5, 5.41) is 5.61. The number of benzene rings is 2. The van der Waals surface area contributed by atoms with Crippen LogP contribution in [-0.4, -0.2) is 22.6 Å².